The van der Waals surface area contributed by atoms with Crippen LogP contribution in [0.1, 0.15) is 23.2 Å². The van der Waals surface area contributed by atoms with Gasteiger partial charge in [-0.2, -0.15) is 0 Å². The summed E-state index contributed by atoms with van der Waals surface area (Å²) >= 11 is 0. The number of aliphatic hydroxyl groups is 1. The number of carboxylic acid groups (broad SMARTS) is 1. The summed E-state index contributed by atoms with van der Waals surface area (Å²) in [7, 11) is 0. The van der Waals surface area contributed by atoms with E-state index in [9.17, 15) is 24.8 Å². The molecule has 2 aromatic rings. The third kappa shape index (κ3) is 3.94. The van der Waals surface area contributed by atoms with E-state index in [0.717, 1.165) is 6.07 Å². The average Bonchev–Trinajstić information content (AvgIpc) is 2.69. The van der Waals surface area contributed by atoms with Crippen molar-refractivity contribution in [2.45, 2.75) is 18.4 Å². The highest BCUT2D eigenvalue weighted by Crippen LogP contribution is 2.31. The predicted octanol–water partition coefficient (Wildman–Crippen LogP) is 2.44. The van der Waals surface area contributed by atoms with E-state index in [0.29, 0.717) is 5.75 Å². The van der Waals surface area contributed by atoms with Gasteiger partial charge >= 0.3 is 5.97 Å². The highest BCUT2D eigenvalue weighted by Gasteiger charge is 2.41. The number of hydrogen-bond donors (Lipinski definition) is 2. The van der Waals surface area contributed by atoms with Crippen LogP contribution in [0.4, 0.5) is 5.69 Å². The van der Waals surface area contributed by atoms with Gasteiger partial charge in [-0.3, -0.25) is 14.9 Å². The van der Waals surface area contributed by atoms with E-state index in [1.807, 2.05) is 0 Å². The van der Waals surface area contributed by atoms with E-state index < -0.39 is 22.4 Å². The number of carbonyl (C=O) groups is 2. The van der Waals surface area contributed by atoms with Gasteiger partial charge in [0.15, 0.2) is 5.60 Å². The van der Waals surface area contributed by atoms with Crippen LogP contribution in [-0.4, -0.2) is 50.6 Å². The number of rotatable bonds is 5. The first-order valence-electron chi connectivity index (χ1n) is 8.56. The Hall–Kier alpha value is -3.46. The summed E-state index contributed by atoms with van der Waals surface area (Å²) in [6, 6.07) is 12.4. The lowest BCUT2D eigenvalue weighted by atomic mass is 9.91. The van der Waals surface area contributed by atoms with Gasteiger partial charge in [0.25, 0.3) is 11.6 Å². The van der Waals surface area contributed by atoms with Crippen molar-refractivity contribution in [3.8, 4) is 11.5 Å². The van der Waals surface area contributed by atoms with Crippen molar-refractivity contribution in [1.29, 1.82) is 0 Å². The largest absolute Gasteiger partial charge is 0.479 e. The molecule has 0 saturated carbocycles. The summed E-state index contributed by atoms with van der Waals surface area (Å²) in [5, 5.41) is 30.3. The maximum Gasteiger partial charge on any atom is 0.335 e. The summed E-state index contributed by atoms with van der Waals surface area (Å²) < 4.78 is 5.72. The maximum absolute atomic E-state index is 13.0. The molecule has 0 spiro atoms. The second-order valence-electron chi connectivity index (χ2n) is 6.48. The fraction of sp³-hybridized carbons (Fsp3) is 0.263. The monoisotopic (exact) mass is 386 g/mol. The van der Waals surface area contributed by atoms with Gasteiger partial charge < -0.3 is 19.8 Å². The van der Waals surface area contributed by atoms with Crippen LogP contribution < -0.4 is 4.74 Å². The van der Waals surface area contributed by atoms with E-state index in [-0.39, 0.29) is 42.9 Å². The first kappa shape index (κ1) is 19.3. The lowest BCUT2D eigenvalue weighted by Crippen LogP contribution is -2.50. The van der Waals surface area contributed by atoms with Crippen molar-refractivity contribution in [1.82, 2.24) is 4.90 Å². The van der Waals surface area contributed by atoms with Crippen molar-refractivity contribution in [3.05, 3.63) is 64.2 Å². The zero-order valence-electron chi connectivity index (χ0n) is 14.8. The number of benzene rings is 2. The molecule has 28 heavy (non-hydrogen) atoms. The van der Waals surface area contributed by atoms with Crippen LogP contribution in [0.2, 0.25) is 0 Å². The van der Waals surface area contributed by atoms with Crippen LogP contribution in [0.5, 0.6) is 11.5 Å². The molecule has 0 aliphatic carbocycles. The summed E-state index contributed by atoms with van der Waals surface area (Å²) in [5.74, 6) is -1.24. The quantitative estimate of drug-likeness (QED) is 0.596. The van der Waals surface area contributed by atoms with Crippen molar-refractivity contribution < 1.29 is 29.5 Å². The zero-order valence-corrected chi connectivity index (χ0v) is 14.8. The standard InChI is InChI=1S/C19H18N2O7/c22-17(20-10-8-19(25,9-11-20)18(23)24)15-12-13(21(26)27)6-7-16(15)28-14-4-2-1-3-5-14/h1-7,12,25H,8-11H2,(H,23,24). The summed E-state index contributed by atoms with van der Waals surface area (Å²) in [5.41, 5.74) is -2.13. The molecule has 1 heterocycles. The fourth-order valence-corrected chi connectivity index (χ4v) is 2.97. The number of amides is 1. The highest BCUT2D eigenvalue weighted by atomic mass is 16.6. The lowest BCUT2D eigenvalue weighted by Gasteiger charge is -2.35. The summed E-state index contributed by atoms with van der Waals surface area (Å²) in [6.07, 6.45) is -0.254. The first-order chi connectivity index (χ1) is 13.3. The minimum atomic E-state index is -1.87. The van der Waals surface area contributed by atoms with Gasteiger partial charge in [0, 0.05) is 38.1 Å². The minimum absolute atomic E-state index is 0.00109. The van der Waals surface area contributed by atoms with Gasteiger partial charge in [-0.05, 0) is 18.2 Å². The molecule has 2 aromatic carbocycles. The second-order valence-corrected chi connectivity index (χ2v) is 6.48. The lowest BCUT2D eigenvalue weighted by molar-refractivity contribution is -0.384. The number of nitro groups is 1. The van der Waals surface area contributed by atoms with E-state index >= 15 is 0 Å². The molecule has 1 fully saturated rings. The van der Waals surface area contributed by atoms with Crippen molar-refractivity contribution >= 4 is 17.6 Å². The van der Waals surface area contributed by atoms with Crippen molar-refractivity contribution in [2.75, 3.05) is 13.1 Å². The number of nitro benzene ring substituents is 1. The molecule has 1 saturated heterocycles. The Labute approximate surface area is 159 Å². The van der Waals surface area contributed by atoms with Crippen molar-refractivity contribution in [3.63, 3.8) is 0 Å². The molecule has 3 rings (SSSR count). The highest BCUT2D eigenvalue weighted by molar-refractivity contribution is 5.98. The number of non-ortho nitro benzene ring substituents is 1. The Morgan fingerprint density at radius 2 is 1.75 bits per heavy atom. The fourth-order valence-electron chi connectivity index (χ4n) is 2.97. The van der Waals surface area contributed by atoms with Gasteiger partial charge in [0.05, 0.1) is 10.5 Å². The van der Waals surface area contributed by atoms with Crippen LogP contribution in [0.25, 0.3) is 0 Å². The van der Waals surface area contributed by atoms with E-state index in [4.69, 9.17) is 9.84 Å². The molecule has 0 radical (unpaired) electrons. The normalized spacial score (nSPS) is 15.7. The molecular formula is C19H18N2O7. The molecule has 0 bridgehead atoms. The van der Waals surface area contributed by atoms with E-state index in [1.54, 1.807) is 30.3 Å². The number of para-hydroxylation sites is 1. The summed E-state index contributed by atoms with van der Waals surface area (Å²) in [6.45, 7) is 0.0181. The number of likely N-dealkylation sites (tertiary alicyclic amines) is 1. The molecule has 0 unspecified atom stereocenters. The predicted molar refractivity (Wildman–Crippen MR) is 97.3 cm³/mol. The zero-order chi connectivity index (χ0) is 20.3. The number of piperidine rings is 1. The topological polar surface area (TPSA) is 130 Å². The maximum atomic E-state index is 13.0. The summed E-state index contributed by atoms with van der Waals surface area (Å²) in [4.78, 5) is 36.0. The van der Waals surface area contributed by atoms with Crippen LogP contribution >= 0.6 is 0 Å². The van der Waals surface area contributed by atoms with Crippen molar-refractivity contribution in [2.24, 2.45) is 0 Å². The molecule has 9 nitrogen and oxygen atoms in total. The van der Waals surface area contributed by atoms with E-state index in [2.05, 4.69) is 0 Å². The smallest absolute Gasteiger partial charge is 0.335 e. The molecule has 0 aromatic heterocycles. The number of nitrogens with zero attached hydrogens (tertiary/aromatic N) is 2. The average molecular weight is 386 g/mol. The number of aliphatic carboxylic acids is 1. The van der Waals surface area contributed by atoms with Gasteiger partial charge in [0.1, 0.15) is 11.5 Å². The van der Waals surface area contributed by atoms with Crippen LogP contribution in [0.15, 0.2) is 48.5 Å². The van der Waals surface area contributed by atoms with Crippen LogP contribution in [-0.2, 0) is 4.79 Å². The van der Waals surface area contributed by atoms with Gasteiger partial charge in [0.2, 0.25) is 0 Å². The molecule has 0 atom stereocenters. The van der Waals surface area contributed by atoms with E-state index in [1.165, 1.54) is 17.0 Å². The minimum Gasteiger partial charge on any atom is -0.479 e. The Bertz CT molecular complexity index is 906. The number of hydrogen-bond acceptors (Lipinski definition) is 6. The Morgan fingerprint density at radius 1 is 1.11 bits per heavy atom. The molecule has 1 aliphatic rings. The Morgan fingerprint density at radius 3 is 2.32 bits per heavy atom. The van der Waals surface area contributed by atoms with Gasteiger partial charge in [-0.15, -0.1) is 0 Å². The van der Waals surface area contributed by atoms with Crippen LogP contribution in [0, 0.1) is 10.1 Å². The second kappa shape index (κ2) is 7.65. The third-order valence-corrected chi connectivity index (χ3v) is 4.65. The number of ether oxygens (including phenoxy) is 1. The molecule has 1 amide bonds. The molecule has 146 valence electrons. The first-order valence-corrected chi connectivity index (χ1v) is 8.56. The molecule has 9 heteroatoms. The Balaban J connectivity index is 1.88. The Kier molecular flexibility index (Phi) is 5.27. The third-order valence-electron chi connectivity index (χ3n) is 4.65. The molecular weight excluding hydrogens is 368 g/mol. The van der Waals surface area contributed by atoms with Gasteiger partial charge in [-0.1, -0.05) is 18.2 Å². The molecule has 1 aliphatic heterocycles. The number of carboxylic acids is 1. The SMILES string of the molecule is O=C(c1cc([N+](=O)[O-])ccc1Oc1ccccc1)N1CCC(O)(C(=O)O)CC1. The van der Waals surface area contributed by atoms with Gasteiger partial charge in [-0.25, -0.2) is 4.79 Å². The number of carbonyl (C=O) groups excluding carboxylic acids is 1. The molecule has 2 N–H and O–H groups in total. The van der Waals surface area contributed by atoms with Crippen LogP contribution in [0.3, 0.4) is 0 Å².